The molecular weight excluding hydrogens is 258 g/mol. The first-order valence-electron chi connectivity index (χ1n) is 4.27. The van der Waals surface area contributed by atoms with Crippen LogP contribution >= 0.6 is 27.3 Å². The molecule has 3 heteroatoms. The molecule has 0 amide bonds. The molecule has 1 nitrogen and oxygen atoms in total. The zero-order chi connectivity index (χ0) is 10.1. The average Bonchev–Trinajstić information content (AvgIpc) is 2.53. The highest BCUT2D eigenvalue weighted by Gasteiger charge is 2.06. The van der Waals surface area contributed by atoms with Crippen LogP contribution in [-0.2, 0) is 6.42 Å². The number of fused-ring (bicyclic) bond motifs is 1. The summed E-state index contributed by atoms with van der Waals surface area (Å²) in [6.07, 6.45) is 0.486. The van der Waals surface area contributed by atoms with Crippen molar-refractivity contribution in [1.82, 2.24) is 0 Å². The van der Waals surface area contributed by atoms with E-state index in [1.54, 1.807) is 11.3 Å². The van der Waals surface area contributed by atoms with Crippen LogP contribution in [0.5, 0.6) is 0 Å². The molecule has 0 saturated carbocycles. The molecule has 1 heterocycles. The molecule has 0 atom stereocenters. The molecule has 1 aromatic heterocycles. The Morgan fingerprint density at radius 2 is 2.29 bits per heavy atom. The summed E-state index contributed by atoms with van der Waals surface area (Å²) in [5, 5.41) is 9.91. The molecule has 14 heavy (non-hydrogen) atoms. The fraction of sp³-hybridized carbons (Fsp3) is 0.182. The number of hydrogen-bond donors (Lipinski definition) is 0. The number of benzene rings is 1. The molecule has 0 unspecified atom stereocenters. The average molecular weight is 266 g/mol. The topological polar surface area (TPSA) is 23.8 Å². The quantitative estimate of drug-likeness (QED) is 0.764. The van der Waals surface area contributed by atoms with E-state index in [9.17, 15) is 0 Å². The Kier molecular flexibility index (Phi) is 2.58. The Hall–Kier alpha value is -0.850. The lowest BCUT2D eigenvalue weighted by molar-refractivity contribution is 1.28. The Labute approximate surface area is 95.1 Å². The second-order valence-electron chi connectivity index (χ2n) is 3.17. The van der Waals surface area contributed by atoms with Gasteiger partial charge in [-0.25, -0.2) is 0 Å². The van der Waals surface area contributed by atoms with Gasteiger partial charge >= 0.3 is 0 Å². The van der Waals surface area contributed by atoms with E-state index in [0.29, 0.717) is 6.42 Å². The number of hydrogen-bond acceptors (Lipinski definition) is 2. The van der Waals surface area contributed by atoms with Crippen molar-refractivity contribution >= 4 is 37.4 Å². The fourth-order valence-corrected chi connectivity index (χ4v) is 3.14. The van der Waals surface area contributed by atoms with Crippen LogP contribution in [0.4, 0.5) is 0 Å². The lowest BCUT2D eigenvalue weighted by Crippen LogP contribution is -1.83. The van der Waals surface area contributed by atoms with Crippen LogP contribution in [0.25, 0.3) is 10.1 Å². The summed E-state index contributed by atoms with van der Waals surface area (Å²) in [6.45, 7) is 2.10. The van der Waals surface area contributed by atoms with Gasteiger partial charge in [0, 0.05) is 4.70 Å². The minimum Gasteiger partial charge on any atom is -0.198 e. The van der Waals surface area contributed by atoms with Gasteiger partial charge in [0.05, 0.1) is 16.3 Å². The maximum Gasteiger partial charge on any atom is 0.0711 e. The molecule has 0 radical (unpaired) electrons. The van der Waals surface area contributed by atoms with Gasteiger partial charge < -0.3 is 0 Å². The fourth-order valence-electron chi connectivity index (χ4n) is 1.52. The van der Waals surface area contributed by atoms with Crippen LogP contribution < -0.4 is 0 Å². The number of halogens is 1. The third-order valence-corrected chi connectivity index (χ3v) is 3.98. The number of nitriles is 1. The first-order chi connectivity index (χ1) is 6.72. The van der Waals surface area contributed by atoms with Crippen LogP contribution in [0.2, 0.25) is 0 Å². The molecule has 0 N–H and O–H groups in total. The largest absolute Gasteiger partial charge is 0.198 e. The monoisotopic (exact) mass is 265 g/mol. The summed E-state index contributed by atoms with van der Waals surface area (Å²) in [4.78, 5) is 0. The molecule has 0 aliphatic rings. The van der Waals surface area contributed by atoms with Crippen LogP contribution in [0, 0.1) is 18.3 Å². The lowest BCUT2D eigenvalue weighted by atomic mass is 10.1. The molecule has 2 aromatic rings. The predicted molar refractivity (Wildman–Crippen MR) is 63.6 cm³/mol. The standard InChI is InChI=1S/C11H8BrNS/c1-7-2-3-8(4-5-13)9-6-10(12)14-11(7)9/h2-3,6H,4H2,1H3. The highest BCUT2D eigenvalue weighted by atomic mass is 79.9. The second-order valence-corrected chi connectivity index (χ2v) is 5.60. The minimum atomic E-state index is 0.486. The zero-order valence-electron chi connectivity index (χ0n) is 7.67. The number of aryl methyl sites for hydroxylation is 1. The van der Waals surface area contributed by atoms with Crippen molar-refractivity contribution in [3.05, 3.63) is 33.1 Å². The van der Waals surface area contributed by atoms with Gasteiger partial charge in [-0.3, -0.25) is 0 Å². The van der Waals surface area contributed by atoms with Crippen molar-refractivity contribution in [3.63, 3.8) is 0 Å². The normalized spacial score (nSPS) is 10.4. The molecule has 0 aliphatic heterocycles. The molecule has 70 valence electrons. The second kappa shape index (κ2) is 3.72. The van der Waals surface area contributed by atoms with Crippen molar-refractivity contribution in [1.29, 1.82) is 5.26 Å². The third-order valence-electron chi connectivity index (χ3n) is 2.21. The highest BCUT2D eigenvalue weighted by molar-refractivity contribution is 9.11. The van der Waals surface area contributed by atoms with E-state index in [4.69, 9.17) is 5.26 Å². The Morgan fingerprint density at radius 3 is 3.00 bits per heavy atom. The summed E-state index contributed by atoms with van der Waals surface area (Å²) < 4.78 is 2.41. The predicted octanol–water partition coefficient (Wildman–Crippen LogP) is 4.04. The van der Waals surface area contributed by atoms with Gasteiger partial charge in [-0.1, -0.05) is 12.1 Å². The van der Waals surface area contributed by atoms with E-state index in [2.05, 4.69) is 41.1 Å². The van der Waals surface area contributed by atoms with Crippen molar-refractivity contribution in [3.8, 4) is 6.07 Å². The maximum absolute atomic E-state index is 8.70. The third kappa shape index (κ3) is 1.56. The SMILES string of the molecule is Cc1ccc(CC#N)c2cc(Br)sc12. The highest BCUT2D eigenvalue weighted by Crippen LogP contribution is 2.34. The van der Waals surface area contributed by atoms with Crippen molar-refractivity contribution in [2.75, 3.05) is 0 Å². The van der Waals surface area contributed by atoms with Crippen LogP contribution in [0.15, 0.2) is 22.0 Å². The summed E-state index contributed by atoms with van der Waals surface area (Å²) in [5.74, 6) is 0. The van der Waals surface area contributed by atoms with Crippen molar-refractivity contribution in [2.24, 2.45) is 0 Å². The maximum atomic E-state index is 8.70. The zero-order valence-corrected chi connectivity index (χ0v) is 10.1. The van der Waals surface area contributed by atoms with Crippen LogP contribution in [-0.4, -0.2) is 0 Å². The van der Waals surface area contributed by atoms with Crippen molar-refractivity contribution < 1.29 is 0 Å². The lowest BCUT2D eigenvalue weighted by Gasteiger charge is -2.00. The first kappa shape index (κ1) is 9.70. The van der Waals surface area contributed by atoms with E-state index < -0.39 is 0 Å². The van der Waals surface area contributed by atoms with Crippen LogP contribution in [0.3, 0.4) is 0 Å². The molecule has 0 fully saturated rings. The molecular formula is C11H8BrNS. The van der Waals surface area contributed by atoms with E-state index >= 15 is 0 Å². The van der Waals surface area contributed by atoms with Crippen LogP contribution in [0.1, 0.15) is 11.1 Å². The van der Waals surface area contributed by atoms with E-state index in [0.717, 1.165) is 9.35 Å². The number of thiophene rings is 1. The molecule has 1 aromatic carbocycles. The summed E-state index contributed by atoms with van der Waals surface area (Å²) in [6, 6.07) is 8.41. The molecule has 2 rings (SSSR count). The van der Waals surface area contributed by atoms with Crippen molar-refractivity contribution in [2.45, 2.75) is 13.3 Å². The molecule has 0 aliphatic carbocycles. The summed E-state index contributed by atoms with van der Waals surface area (Å²) >= 11 is 5.21. The summed E-state index contributed by atoms with van der Waals surface area (Å²) in [7, 11) is 0. The Balaban J connectivity index is 2.75. The van der Waals surface area contributed by atoms with E-state index in [-0.39, 0.29) is 0 Å². The van der Waals surface area contributed by atoms with Gasteiger partial charge in [-0.2, -0.15) is 5.26 Å². The first-order valence-corrected chi connectivity index (χ1v) is 5.88. The minimum absolute atomic E-state index is 0.486. The van der Waals surface area contributed by atoms with Gasteiger partial charge in [-0.15, -0.1) is 11.3 Å². The van der Waals surface area contributed by atoms with Gasteiger partial charge in [0.2, 0.25) is 0 Å². The summed E-state index contributed by atoms with van der Waals surface area (Å²) in [5.41, 5.74) is 2.40. The van der Waals surface area contributed by atoms with Gasteiger partial charge in [-0.05, 0) is 45.4 Å². The molecule has 0 spiro atoms. The van der Waals surface area contributed by atoms with Gasteiger partial charge in [0.15, 0.2) is 0 Å². The smallest absolute Gasteiger partial charge is 0.0711 e. The number of nitrogens with zero attached hydrogens (tertiary/aromatic N) is 1. The van der Waals surface area contributed by atoms with E-state index in [1.807, 2.05) is 6.07 Å². The van der Waals surface area contributed by atoms with Gasteiger partial charge in [0.1, 0.15) is 0 Å². The molecule has 0 bridgehead atoms. The Morgan fingerprint density at radius 1 is 1.50 bits per heavy atom. The molecule has 0 saturated heterocycles. The Bertz CT molecular complexity index is 522. The number of rotatable bonds is 1. The van der Waals surface area contributed by atoms with E-state index in [1.165, 1.54) is 15.6 Å². The van der Waals surface area contributed by atoms with Gasteiger partial charge in [0.25, 0.3) is 0 Å².